The van der Waals surface area contributed by atoms with E-state index >= 15 is 0 Å². The molecule has 0 aliphatic rings. The zero-order valence-electron chi connectivity index (χ0n) is 14.7. The van der Waals surface area contributed by atoms with Crippen LogP contribution in [0.2, 0.25) is 5.02 Å². The quantitative estimate of drug-likeness (QED) is 0.416. The molecule has 2 rings (SSSR count). The van der Waals surface area contributed by atoms with Crippen LogP contribution in [0.1, 0.15) is 29.3 Å². The molecular weight excluding hydrogens is 390 g/mol. The third kappa shape index (κ3) is 5.63. The number of halogens is 1. The van der Waals surface area contributed by atoms with Crippen molar-refractivity contribution in [2.24, 2.45) is 0 Å². The predicted octanol–water partition coefficient (Wildman–Crippen LogP) is 4.47. The second kappa shape index (κ2) is 9.29. The first-order valence-electron chi connectivity index (χ1n) is 8.11. The molecule has 0 atom stereocenters. The molecule has 2 N–H and O–H groups in total. The van der Waals surface area contributed by atoms with Gasteiger partial charge in [0.05, 0.1) is 11.5 Å². The first-order chi connectivity index (χ1) is 12.8. The number of rotatable bonds is 6. The lowest BCUT2D eigenvalue weighted by Crippen LogP contribution is -2.34. The molecule has 2 aromatic rings. The Morgan fingerprint density at radius 2 is 1.96 bits per heavy atom. The Bertz CT molecular complexity index is 872. The van der Waals surface area contributed by atoms with Gasteiger partial charge in [-0.1, -0.05) is 18.5 Å². The highest BCUT2D eigenvalue weighted by atomic mass is 35.5. The van der Waals surface area contributed by atoms with Crippen molar-refractivity contribution < 1.29 is 14.5 Å². The summed E-state index contributed by atoms with van der Waals surface area (Å²) in [4.78, 5) is 22.6. The molecule has 9 heteroatoms. The van der Waals surface area contributed by atoms with Gasteiger partial charge in [-0.25, -0.2) is 0 Å². The maximum absolute atomic E-state index is 12.3. The number of ether oxygens (including phenoxy) is 1. The number of anilines is 1. The van der Waals surface area contributed by atoms with Crippen molar-refractivity contribution in [3.05, 3.63) is 62.7 Å². The Morgan fingerprint density at radius 1 is 1.30 bits per heavy atom. The number of hydrogen-bond acceptors (Lipinski definition) is 5. The maximum atomic E-state index is 12.3. The first-order valence-corrected chi connectivity index (χ1v) is 8.90. The number of thiocarbonyl (C=S) groups is 1. The van der Waals surface area contributed by atoms with Crippen molar-refractivity contribution in [1.82, 2.24) is 5.32 Å². The van der Waals surface area contributed by atoms with Crippen LogP contribution in [0.4, 0.5) is 11.4 Å². The molecular formula is C18H18ClN3O4S. The second-order valence-corrected chi connectivity index (χ2v) is 6.47. The van der Waals surface area contributed by atoms with Gasteiger partial charge in [0.15, 0.2) is 5.11 Å². The van der Waals surface area contributed by atoms with E-state index in [9.17, 15) is 14.9 Å². The van der Waals surface area contributed by atoms with Gasteiger partial charge in [0.25, 0.3) is 11.6 Å². The number of carbonyl (C=O) groups excluding carboxylic acids is 1. The number of hydrogen-bond donors (Lipinski definition) is 2. The van der Waals surface area contributed by atoms with Crippen molar-refractivity contribution in [3.8, 4) is 5.75 Å². The second-order valence-electron chi connectivity index (χ2n) is 5.66. The lowest BCUT2D eigenvalue weighted by molar-refractivity contribution is -0.384. The largest absolute Gasteiger partial charge is 0.494 e. The summed E-state index contributed by atoms with van der Waals surface area (Å²) in [6.45, 7) is 4.29. The third-order valence-electron chi connectivity index (χ3n) is 3.56. The van der Waals surface area contributed by atoms with Gasteiger partial charge in [-0.3, -0.25) is 20.2 Å². The van der Waals surface area contributed by atoms with E-state index < -0.39 is 4.92 Å². The van der Waals surface area contributed by atoms with E-state index in [4.69, 9.17) is 28.6 Å². The lowest BCUT2D eigenvalue weighted by Gasteiger charge is -2.12. The smallest absolute Gasteiger partial charge is 0.288 e. The van der Waals surface area contributed by atoms with Gasteiger partial charge >= 0.3 is 0 Å². The zero-order valence-corrected chi connectivity index (χ0v) is 16.3. The van der Waals surface area contributed by atoms with Gasteiger partial charge in [-0.2, -0.15) is 0 Å². The summed E-state index contributed by atoms with van der Waals surface area (Å²) in [5.41, 5.74) is 1.26. The molecule has 0 heterocycles. The zero-order chi connectivity index (χ0) is 20.0. The van der Waals surface area contributed by atoms with Crippen LogP contribution in [-0.2, 0) is 0 Å². The monoisotopic (exact) mass is 407 g/mol. The number of aryl methyl sites for hydroxylation is 1. The van der Waals surface area contributed by atoms with Crippen molar-refractivity contribution >= 4 is 46.2 Å². The Kier molecular flexibility index (Phi) is 7.09. The molecule has 1 amide bonds. The molecule has 7 nitrogen and oxygen atoms in total. The predicted molar refractivity (Wildman–Crippen MR) is 109 cm³/mol. The van der Waals surface area contributed by atoms with Crippen LogP contribution in [0.15, 0.2) is 36.4 Å². The number of carbonyl (C=O) groups is 1. The highest BCUT2D eigenvalue weighted by molar-refractivity contribution is 7.80. The average molecular weight is 408 g/mol. The molecule has 142 valence electrons. The average Bonchev–Trinajstić information content (AvgIpc) is 2.62. The van der Waals surface area contributed by atoms with Crippen LogP contribution in [0, 0.1) is 17.0 Å². The molecule has 2 aromatic carbocycles. The fourth-order valence-corrected chi connectivity index (χ4v) is 2.63. The van der Waals surface area contributed by atoms with Crippen molar-refractivity contribution in [1.29, 1.82) is 0 Å². The standard InChI is InChI=1S/C18H18ClN3O4S/c1-3-8-26-13-6-4-12(5-7-13)17(23)21-18(27)20-15-10-14(19)16(22(24)25)9-11(15)2/h4-7,9-10H,3,8H2,1-2H3,(H2,20,21,23,27). The van der Waals surface area contributed by atoms with Crippen LogP contribution in [0.5, 0.6) is 5.75 Å². The summed E-state index contributed by atoms with van der Waals surface area (Å²) in [6, 6.07) is 9.42. The summed E-state index contributed by atoms with van der Waals surface area (Å²) in [5, 5.41) is 16.3. The highest BCUT2D eigenvalue weighted by Gasteiger charge is 2.16. The molecule has 0 aliphatic heterocycles. The number of nitro benzene ring substituents is 1. The molecule has 0 bridgehead atoms. The van der Waals surface area contributed by atoms with Crippen LogP contribution in [0.3, 0.4) is 0 Å². The van der Waals surface area contributed by atoms with Crippen LogP contribution >= 0.6 is 23.8 Å². The van der Waals surface area contributed by atoms with Crippen LogP contribution < -0.4 is 15.4 Å². The number of nitrogens with zero attached hydrogens (tertiary/aromatic N) is 1. The van der Waals surface area contributed by atoms with Gasteiger partial charge in [-0.05, 0) is 61.5 Å². The van der Waals surface area contributed by atoms with Crippen molar-refractivity contribution in [2.45, 2.75) is 20.3 Å². The summed E-state index contributed by atoms with van der Waals surface area (Å²) in [6.07, 6.45) is 0.897. The van der Waals surface area contributed by atoms with Crippen molar-refractivity contribution in [2.75, 3.05) is 11.9 Å². The summed E-state index contributed by atoms with van der Waals surface area (Å²) in [7, 11) is 0. The van der Waals surface area contributed by atoms with Crippen molar-refractivity contribution in [3.63, 3.8) is 0 Å². The molecule has 0 radical (unpaired) electrons. The van der Waals surface area contributed by atoms with Gasteiger partial charge < -0.3 is 10.1 Å². The minimum Gasteiger partial charge on any atom is -0.494 e. The fourth-order valence-electron chi connectivity index (χ4n) is 2.19. The minimum absolute atomic E-state index is 0.0232. The van der Waals surface area contributed by atoms with E-state index in [0.717, 1.165) is 6.42 Å². The number of benzene rings is 2. The van der Waals surface area contributed by atoms with E-state index in [0.29, 0.717) is 29.2 Å². The number of nitrogens with one attached hydrogen (secondary N) is 2. The minimum atomic E-state index is -0.562. The van der Waals surface area contributed by atoms with E-state index in [-0.39, 0.29) is 21.7 Å². The molecule has 0 unspecified atom stereocenters. The van der Waals surface area contributed by atoms with Crippen LogP contribution in [-0.4, -0.2) is 22.5 Å². The van der Waals surface area contributed by atoms with Gasteiger partial charge in [0.2, 0.25) is 0 Å². The van der Waals surface area contributed by atoms with Crippen LogP contribution in [0.25, 0.3) is 0 Å². The molecule has 0 fully saturated rings. The Balaban J connectivity index is 2.02. The Labute approximate surface area is 166 Å². The fraction of sp³-hybridized carbons (Fsp3) is 0.222. The van der Waals surface area contributed by atoms with Gasteiger partial charge in [0.1, 0.15) is 10.8 Å². The Hall–Kier alpha value is -2.71. The lowest BCUT2D eigenvalue weighted by atomic mass is 10.2. The summed E-state index contributed by atoms with van der Waals surface area (Å²) >= 11 is 11.0. The normalized spacial score (nSPS) is 10.2. The number of nitro groups is 1. The molecule has 0 saturated carbocycles. The van der Waals surface area contributed by atoms with E-state index in [1.165, 1.54) is 12.1 Å². The van der Waals surface area contributed by atoms with Gasteiger partial charge in [-0.15, -0.1) is 0 Å². The van der Waals surface area contributed by atoms with E-state index in [1.54, 1.807) is 31.2 Å². The maximum Gasteiger partial charge on any atom is 0.288 e. The highest BCUT2D eigenvalue weighted by Crippen LogP contribution is 2.30. The Morgan fingerprint density at radius 3 is 2.56 bits per heavy atom. The first kappa shape index (κ1) is 20.6. The van der Waals surface area contributed by atoms with E-state index in [1.807, 2.05) is 6.92 Å². The molecule has 0 aromatic heterocycles. The summed E-state index contributed by atoms with van der Waals surface area (Å²) < 4.78 is 5.47. The SMILES string of the molecule is CCCOc1ccc(C(=O)NC(=S)Nc2cc(Cl)c([N+](=O)[O-])cc2C)cc1. The van der Waals surface area contributed by atoms with Gasteiger partial charge in [0, 0.05) is 17.3 Å². The molecule has 0 aliphatic carbocycles. The molecule has 0 saturated heterocycles. The molecule has 27 heavy (non-hydrogen) atoms. The topological polar surface area (TPSA) is 93.5 Å². The van der Waals surface area contributed by atoms with E-state index in [2.05, 4.69) is 10.6 Å². The molecule has 0 spiro atoms. The third-order valence-corrected chi connectivity index (χ3v) is 4.06. The summed E-state index contributed by atoms with van der Waals surface area (Å²) in [5.74, 6) is 0.297. The number of amides is 1.